The number of nitrogens with zero attached hydrogens (tertiary/aromatic N) is 3. The molecule has 1 aliphatic heterocycles. The average Bonchev–Trinajstić information content (AvgIpc) is 2.77. The number of sulfone groups is 1. The topological polar surface area (TPSA) is 90.9 Å². The van der Waals surface area contributed by atoms with E-state index in [2.05, 4.69) is 9.97 Å². The SMILES string of the molecule is Cc1cnc2c(c1)nc(N)n2C1CCS(=O)(=O)C1. The number of rotatable bonds is 1. The van der Waals surface area contributed by atoms with Gasteiger partial charge in [-0.1, -0.05) is 0 Å². The maximum absolute atomic E-state index is 11.5. The van der Waals surface area contributed by atoms with E-state index in [0.29, 0.717) is 18.0 Å². The number of fused-ring (bicyclic) bond motifs is 1. The lowest BCUT2D eigenvalue weighted by molar-refractivity contribution is 0.572. The number of pyridine rings is 1. The van der Waals surface area contributed by atoms with E-state index in [1.807, 2.05) is 13.0 Å². The molecular formula is C11H14N4O2S. The first-order chi connectivity index (χ1) is 8.46. The van der Waals surface area contributed by atoms with E-state index in [0.717, 1.165) is 11.1 Å². The van der Waals surface area contributed by atoms with Gasteiger partial charge >= 0.3 is 0 Å². The molecule has 18 heavy (non-hydrogen) atoms. The first-order valence-corrected chi connectivity index (χ1v) is 7.59. The zero-order valence-corrected chi connectivity index (χ0v) is 10.8. The molecule has 1 aliphatic rings. The normalized spacial score (nSPS) is 22.6. The van der Waals surface area contributed by atoms with E-state index < -0.39 is 9.84 Å². The van der Waals surface area contributed by atoms with Crippen molar-refractivity contribution < 1.29 is 8.42 Å². The molecule has 96 valence electrons. The molecule has 2 aromatic heterocycles. The fourth-order valence-electron chi connectivity index (χ4n) is 2.44. The summed E-state index contributed by atoms with van der Waals surface area (Å²) < 4.78 is 24.8. The average molecular weight is 266 g/mol. The predicted molar refractivity (Wildman–Crippen MR) is 69.0 cm³/mol. The molecule has 1 unspecified atom stereocenters. The molecule has 6 nitrogen and oxygen atoms in total. The summed E-state index contributed by atoms with van der Waals surface area (Å²) in [5.74, 6) is 0.672. The highest BCUT2D eigenvalue weighted by molar-refractivity contribution is 7.91. The van der Waals surface area contributed by atoms with Gasteiger partial charge in [0.05, 0.1) is 17.5 Å². The molecule has 2 aromatic rings. The van der Waals surface area contributed by atoms with Crippen LogP contribution in [0.3, 0.4) is 0 Å². The minimum absolute atomic E-state index is 0.123. The number of anilines is 1. The number of nitrogens with two attached hydrogens (primary N) is 1. The lowest BCUT2D eigenvalue weighted by Gasteiger charge is -2.11. The van der Waals surface area contributed by atoms with Gasteiger partial charge in [-0.15, -0.1) is 0 Å². The van der Waals surface area contributed by atoms with E-state index in [4.69, 9.17) is 5.73 Å². The Morgan fingerprint density at radius 1 is 1.50 bits per heavy atom. The van der Waals surface area contributed by atoms with Crippen molar-refractivity contribution in [1.82, 2.24) is 14.5 Å². The Balaban J connectivity index is 2.15. The van der Waals surface area contributed by atoms with Gasteiger partial charge in [-0.3, -0.25) is 4.57 Å². The second kappa shape index (κ2) is 3.68. The first kappa shape index (κ1) is 11.5. The van der Waals surface area contributed by atoms with Gasteiger partial charge in [-0.2, -0.15) is 0 Å². The number of aryl methyl sites for hydroxylation is 1. The van der Waals surface area contributed by atoms with Crippen LogP contribution in [-0.4, -0.2) is 34.5 Å². The zero-order chi connectivity index (χ0) is 12.9. The van der Waals surface area contributed by atoms with Crippen molar-refractivity contribution in [2.24, 2.45) is 0 Å². The summed E-state index contributed by atoms with van der Waals surface area (Å²) in [6.45, 7) is 1.93. The molecule has 3 heterocycles. The molecule has 1 atom stereocenters. The van der Waals surface area contributed by atoms with Crippen LogP contribution in [0.2, 0.25) is 0 Å². The van der Waals surface area contributed by atoms with Gasteiger partial charge in [0.25, 0.3) is 0 Å². The molecule has 0 amide bonds. The van der Waals surface area contributed by atoms with Crippen LogP contribution in [-0.2, 0) is 9.84 Å². The Hall–Kier alpha value is -1.63. The summed E-state index contributed by atoms with van der Waals surface area (Å²) in [5, 5.41) is 0. The van der Waals surface area contributed by atoms with Crippen LogP contribution in [0, 0.1) is 6.92 Å². The van der Waals surface area contributed by atoms with Crippen LogP contribution in [0.25, 0.3) is 11.2 Å². The van der Waals surface area contributed by atoms with Gasteiger partial charge in [0.1, 0.15) is 5.52 Å². The smallest absolute Gasteiger partial charge is 0.202 e. The number of nitrogen functional groups attached to an aromatic ring is 1. The molecule has 3 rings (SSSR count). The molecule has 2 N–H and O–H groups in total. The van der Waals surface area contributed by atoms with Crippen LogP contribution in [0.4, 0.5) is 5.95 Å². The minimum atomic E-state index is -2.95. The standard InChI is InChI=1S/C11H14N4O2S/c1-7-4-9-10(13-5-7)15(11(12)14-9)8-2-3-18(16,17)6-8/h4-5,8H,2-3,6H2,1H3,(H2,12,14). The van der Waals surface area contributed by atoms with Crippen LogP contribution >= 0.6 is 0 Å². The summed E-state index contributed by atoms with van der Waals surface area (Å²) in [5.41, 5.74) is 8.28. The van der Waals surface area contributed by atoms with Gasteiger partial charge < -0.3 is 5.73 Å². The van der Waals surface area contributed by atoms with E-state index in [1.54, 1.807) is 10.8 Å². The molecule has 0 radical (unpaired) electrons. The Morgan fingerprint density at radius 3 is 2.94 bits per heavy atom. The van der Waals surface area contributed by atoms with Gasteiger partial charge in [0.2, 0.25) is 5.95 Å². The van der Waals surface area contributed by atoms with Crippen molar-refractivity contribution in [3.05, 3.63) is 17.8 Å². The number of hydrogen-bond acceptors (Lipinski definition) is 5. The number of hydrogen-bond donors (Lipinski definition) is 1. The highest BCUT2D eigenvalue weighted by Gasteiger charge is 2.31. The summed E-state index contributed by atoms with van der Waals surface area (Å²) in [6.07, 6.45) is 2.32. The van der Waals surface area contributed by atoms with Crippen molar-refractivity contribution in [3.63, 3.8) is 0 Å². The fraction of sp³-hybridized carbons (Fsp3) is 0.455. The van der Waals surface area contributed by atoms with Gasteiger partial charge in [-0.05, 0) is 25.0 Å². The molecule has 0 saturated carbocycles. The second-order valence-electron chi connectivity index (χ2n) is 4.75. The summed E-state index contributed by atoms with van der Waals surface area (Å²) in [6, 6.07) is 1.76. The lowest BCUT2D eigenvalue weighted by Crippen LogP contribution is -2.13. The third kappa shape index (κ3) is 1.74. The fourth-order valence-corrected chi connectivity index (χ4v) is 4.14. The summed E-state index contributed by atoms with van der Waals surface area (Å²) in [4.78, 5) is 8.57. The molecule has 7 heteroatoms. The summed E-state index contributed by atoms with van der Waals surface area (Å²) >= 11 is 0. The second-order valence-corrected chi connectivity index (χ2v) is 6.98. The van der Waals surface area contributed by atoms with Gasteiger partial charge in [0, 0.05) is 6.20 Å². The van der Waals surface area contributed by atoms with Crippen LogP contribution in [0.5, 0.6) is 0 Å². The van der Waals surface area contributed by atoms with E-state index in [1.165, 1.54) is 0 Å². The Bertz CT molecular complexity index is 720. The Kier molecular flexibility index (Phi) is 2.34. The molecular weight excluding hydrogens is 252 g/mol. The van der Waals surface area contributed by atoms with Crippen LogP contribution < -0.4 is 5.73 Å². The van der Waals surface area contributed by atoms with Crippen LogP contribution in [0.15, 0.2) is 12.3 Å². The Labute approximate surface area is 105 Å². The van der Waals surface area contributed by atoms with Crippen molar-refractivity contribution in [3.8, 4) is 0 Å². The lowest BCUT2D eigenvalue weighted by atomic mass is 10.2. The van der Waals surface area contributed by atoms with E-state index in [-0.39, 0.29) is 17.5 Å². The highest BCUT2D eigenvalue weighted by atomic mass is 32.2. The molecule has 0 bridgehead atoms. The third-order valence-corrected chi connectivity index (χ3v) is 5.02. The van der Waals surface area contributed by atoms with Crippen LogP contribution in [0.1, 0.15) is 18.0 Å². The highest BCUT2D eigenvalue weighted by Crippen LogP contribution is 2.29. The first-order valence-electron chi connectivity index (χ1n) is 5.77. The number of imidazole rings is 1. The monoisotopic (exact) mass is 266 g/mol. The van der Waals surface area contributed by atoms with Crippen molar-refractivity contribution in [1.29, 1.82) is 0 Å². The van der Waals surface area contributed by atoms with Crippen molar-refractivity contribution in [2.75, 3.05) is 17.2 Å². The maximum Gasteiger partial charge on any atom is 0.202 e. The summed E-state index contributed by atoms with van der Waals surface area (Å²) in [7, 11) is -2.95. The molecule has 0 aliphatic carbocycles. The minimum Gasteiger partial charge on any atom is -0.369 e. The molecule has 1 fully saturated rings. The third-order valence-electron chi connectivity index (χ3n) is 3.27. The van der Waals surface area contributed by atoms with Gasteiger partial charge in [-0.25, -0.2) is 18.4 Å². The molecule has 0 aromatic carbocycles. The van der Waals surface area contributed by atoms with Gasteiger partial charge in [0.15, 0.2) is 15.5 Å². The number of aromatic nitrogens is 3. The van der Waals surface area contributed by atoms with E-state index in [9.17, 15) is 8.42 Å². The zero-order valence-electron chi connectivity index (χ0n) is 10.00. The maximum atomic E-state index is 11.5. The quantitative estimate of drug-likeness (QED) is 0.819. The molecule has 1 saturated heterocycles. The largest absolute Gasteiger partial charge is 0.369 e. The predicted octanol–water partition coefficient (Wildman–Crippen LogP) is 0.682. The van der Waals surface area contributed by atoms with E-state index >= 15 is 0 Å². The van der Waals surface area contributed by atoms with Crippen molar-refractivity contribution in [2.45, 2.75) is 19.4 Å². The Morgan fingerprint density at radius 2 is 2.28 bits per heavy atom. The van der Waals surface area contributed by atoms with Crippen molar-refractivity contribution >= 4 is 26.9 Å². The molecule has 0 spiro atoms.